The fourth-order valence-corrected chi connectivity index (χ4v) is 2.22. The van der Waals surface area contributed by atoms with Crippen molar-refractivity contribution < 1.29 is 9.47 Å². The van der Waals surface area contributed by atoms with E-state index in [2.05, 4.69) is 36.2 Å². The first-order valence-electron chi connectivity index (χ1n) is 5.89. The number of ether oxygens (including phenoxy) is 2. The number of anilines is 1. The average molecular weight is 394 g/mol. The van der Waals surface area contributed by atoms with Gasteiger partial charge in [-0.05, 0) is 28.9 Å². The van der Waals surface area contributed by atoms with Crippen LogP contribution in [0.15, 0.2) is 16.6 Å². The van der Waals surface area contributed by atoms with Gasteiger partial charge in [-0.15, -0.1) is 4.98 Å². The minimum atomic E-state index is 0.0538. The molecule has 0 unspecified atom stereocenters. The van der Waals surface area contributed by atoms with E-state index in [0.717, 1.165) is 0 Å². The van der Waals surface area contributed by atoms with Crippen LogP contribution in [0.3, 0.4) is 0 Å². The first-order valence-corrected chi connectivity index (χ1v) is 7.44. The zero-order valence-electron chi connectivity index (χ0n) is 11.2. The molecular weight excluding hydrogens is 383 g/mol. The molecule has 0 atom stereocenters. The highest BCUT2D eigenvalue weighted by atomic mass is 79.9. The van der Waals surface area contributed by atoms with E-state index in [1.54, 1.807) is 12.1 Å². The number of halogens is 3. The molecule has 1 heterocycles. The molecule has 0 aliphatic heterocycles. The van der Waals surface area contributed by atoms with Gasteiger partial charge in [-0.2, -0.15) is 9.97 Å². The molecule has 1 aromatic carbocycles. The summed E-state index contributed by atoms with van der Waals surface area (Å²) in [6, 6.07) is 3.38. The van der Waals surface area contributed by atoms with Gasteiger partial charge in [0.25, 0.3) is 0 Å². The Labute approximate surface area is 139 Å². The van der Waals surface area contributed by atoms with E-state index in [9.17, 15) is 0 Å². The van der Waals surface area contributed by atoms with E-state index in [1.165, 1.54) is 7.11 Å². The van der Waals surface area contributed by atoms with Crippen molar-refractivity contribution in [3.8, 4) is 17.8 Å². The second-order valence-electron chi connectivity index (χ2n) is 3.76. The fraction of sp³-hybridized carbons (Fsp3) is 0.250. The minimum absolute atomic E-state index is 0.0538. The van der Waals surface area contributed by atoms with Crippen LogP contribution in [-0.2, 0) is 0 Å². The predicted octanol–water partition coefficient (Wildman–Crippen LogP) is 4.17. The van der Waals surface area contributed by atoms with Crippen molar-refractivity contribution >= 4 is 45.1 Å². The molecule has 0 amide bonds. The first kappa shape index (κ1) is 16.1. The number of methoxy groups -OCH3 is 1. The van der Waals surface area contributed by atoms with Gasteiger partial charge in [0.15, 0.2) is 5.75 Å². The highest BCUT2D eigenvalue weighted by Gasteiger charge is 2.12. The molecule has 1 aromatic heterocycles. The van der Waals surface area contributed by atoms with Crippen LogP contribution in [0.25, 0.3) is 0 Å². The molecule has 0 aliphatic carbocycles. The lowest BCUT2D eigenvalue weighted by Gasteiger charge is -2.09. The molecule has 112 valence electrons. The van der Waals surface area contributed by atoms with Crippen LogP contribution in [0.4, 0.5) is 5.95 Å². The molecule has 0 saturated carbocycles. The second-order valence-corrected chi connectivity index (χ2v) is 5.43. The Morgan fingerprint density at radius 1 is 1.14 bits per heavy atom. The zero-order valence-corrected chi connectivity index (χ0v) is 14.3. The van der Waals surface area contributed by atoms with E-state index in [1.807, 2.05) is 6.92 Å². The molecular formula is C12H11BrCl2N4O2. The van der Waals surface area contributed by atoms with Crippen LogP contribution >= 0.6 is 39.1 Å². The minimum Gasteiger partial charge on any atom is -0.467 e. The summed E-state index contributed by atoms with van der Waals surface area (Å²) in [4.78, 5) is 12.1. The smallest absolute Gasteiger partial charge is 0.330 e. The van der Waals surface area contributed by atoms with Crippen molar-refractivity contribution in [2.45, 2.75) is 6.92 Å². The Kier molecular flexibility index (Phi) is 5.44. The normalized spacial score (nSPS) is 10.3. The van der Waals surface area contributed by atoms with Gasteiger partial charge in [-0.25, -0.2) is 0 Å². The van der Waals surface area contributed by atoms with Gasteiger partial charge in [0, 0.05) is 17.1 Å². The maximum atomic E-state index is 6.09. The SMILES string of the molecule is CCNc1nc(OC)nc(Oc2cc(Cl)c(Br)cc2Cl)n1. The van der Waals surface area contributed by atoms with Gasteiger partial charge in [0.05, 0.1) is 17.2 Å². The highest BCUT2D eigenvalue weighted by Crippen LogP contribution is 2.36. The standard InChI is InChI=1S/C12H11BrCl2N4O2/c1-3-16-10-17-11(20-2)19-12(18-10)21-9-5-7(14)6(13)4-8(9)15/h4-5H,3H2,1-2H3,(H,16,17,18,19). The topological polar surface area (TPSA) is 69.2 Å². The Hall–Kier alpha value is -1.31. The van der Waals surface area contributed by atoms with Crippen LogP contribution in [0.1, 0.15) is 6.92 Å². The molecule has 6 nitrogen and oxygen atoms in total. The van der Waals surface area contributed by atoms with Crippen LogP contribution in [0, 0.1) is 0 Å². The van der Waals surface area contributed by atoms with E-state index < -0.39 is 0 Å². The summed E-state index contributed by atoms with van der Waals surface area (Å²) in [5.74, 6) is 0.680. The summed E-state index contributed by atoms with van der Waals surface area (Å²) in [6.45, 7) is 2.57. The van der Waals surface area contributed by atoms with Crippen molar-refractivity contribution in [3.05, 3.63) is 26.7 Å². The number of nitrogens with zero attached hydrogens (tertiary/aromatic N) is 3. The lowest BCUT2D eigenvalue weighted by molar-refractivity contribution is 0.360. The van der Waals surface area contributed by atoms with Gasteiger partial charge in [0.2, 0.25) is 5.95 Å². The Bertz CT molecular complexity index is 657. The molecule has 0 radical (unpaired) electrons. The third kappa shape index (κ3) is 4.09. The van der Waals surface area contributed by atoms with Crippen LogP contribution in [-0.4, -0.2) is 28.6 Å². The van der Waals surface area contributed by atoms with Crippen molar-refractivity contribution in [1.29, 1.82) is 0 Å². The molecule has 1 N–H and O–H groups in total. The van der Waals surface area contributed by atoms with Crippen molar-refractivity contribution in [2.24, 2.45) is 0 Å². The maximum Gasteiger partial charge on any atom is 0.330 e. The van der Waals surface area contributed by atoms with Crippen molar-refractivity contribution in [2.75, 3.05) is 19.0 Å². The Balaban J connectivity index is 2.34. The summed E-state index contributed by atoms with van der Waals surface area (Å²) in [6.07, 6.45) is 0. The molecule has 0 aliphatic rings. The van der Waals surface area contributed by atoms with E-state index in [4.69, 9.17) is 32.7 Å². The molecule has 21 heavy (non-hydrogen) atoms. The van der Waals surface area contributed by atoms with E-state index in [0.29, 0.717) is 32.8 Å². The fourth-order valence-electron chi connectivity index (χ4n) is 1.39. The van der Waals surface area contributed by atoms with E-state index in [-0.39, 0.29) is 12.0 Å². The quantitative estimate of drug-likeness (QED) is 0.768. The molecule has 0 fully saturated rings. The number of nitrogens with one attached hydrogen (secondary N) is 1. The third-order valence-electron chi connectivity index (χ3n) is 2.29. The summed E-state index contributed by atoms with van der Waals surface area (Å²) < 4.78 is 11.2. The zero-order chi connectivity index (χ0) is 15.4. The summed E-state index contributed by atoms with van der Waals surface area (Å²) in [7, 11) is 1.46. The molecule has 2 rings (SSSR count). The van der Waals surface area contributed by atoms with Gasteiger partial charge >= 0.3 is 12.0 Å². The largest absolute Gasteiger partial charge is 0.467 e. The summed E-state index contributed by atoms with van der Waals surface area (Å²) in [5.41, 5.74) is 0. The lowest BCUT2D eigenvalue weighted by Crippen LogP contribution is -2.06. The molecule has 9 heteroatoms. The average Bonchev–Trinajstić information content (AvgIpc) is 2.45. The van der Waals surface area contributed by atoms with Gasteiger partial charge in [-0.3, -0.25) is 0 Å². The summed E-state index contributed by atoms with van der Waals surface area (Å²) in [5, 5.41) is 3.79. The number of hydrogen-bond acceptors (Lipinski definition) is 6. The number of rotatable bonds is 5. The number of hydrogen-bond donors (Lipinski definition) is 1. The van der Waals surface area contributed by atoms with Crippen LogP contribution < -0.4 is 14.8 Å². The van der Waals surface area contributed by atoms with Gasteiger partial charge in [0.1, 0.15) is 0 Å². The number of aromatic nitrogens is 3. The lowest BCUT2D eigenvalue weighted by atomic mass is 10.3. The Morgan fingerprint density at radius 2 is 1.86 bits per heavy atom. The Morgan fingerprint density at radius 3 is 2.52 bits per heavy atom. The molecule has 2 aromatic rings. The third-order valence-corrected chi connectivity index (χ3v) is 3.78. The molecule has 0 saturated heterocycles. The predicted molar refractivity (Wildman–Crippen MR) is 84.8 cm³/mol. The van der Waals surface area contributed by atoms with Crippen LogP contribution in [0.2, 0.25) is 10.0 Å². The van der Waals surface area contributed by atoms with Crippen molar-refractivity contribution in [1.82, 2.24) is 15.0 Å². The van der Waals surface area contributed by atoms with E-state index >= 15 is 0 Å². The van der Waals surface area contributed by atoms with Crippen molar-refractivity contribution in [3.63, 3.8) is 0 Å². The monoisotopic (exact) mass is 392 g/mol. The number of benzene rings is 1. The molecule has 0 spiro atoms. The maximum absolute atomic E-state index is 6.09. The van der Waals surface area contributed by atoms with Gasteiger partial charge in [-0.1, -0.05) is 23.2 Å². The highest BCUT2D eigenvalue weighted by molar-refractivity contribution is 9.10. The first-order chi connectivity index (χ1) is 10.0. The van der Waals surface area contributed by atoms with Crippen LogP contribution in [0.5, 0.6) is 17.8 Å². The second kappa shape index (κ2) is 7.11. The van der Waals surface area contributed by atoms with Gasteiger partial charge < -0.3 is 14.8 Å². The summed E-state index contributed by atoms with van der Waals surface area (Å²) >= 11 is 15.4. The molecule has 0 bridgehead atoms.